The summed E-state index contributed by atoms with van der Waals surface area (Å²) in [6.07, 6.45) is 2.04. The molecular weight excluding hydrogens is 306 g/mol. The van der Waals surface area contributed by atoms with Crippen molar-refractivity contribution < 1.29 is 0 Å². The smallest absolute Gasteiger partial charge is 0.203 e. The van der Waals surface area contributed by atoms with Crippen LogP contribution in [0.2, 0.25) is 0 Å². The SMILES string of the molecule is Nc1nnc(/C(=C\c2ccccc2)c2nc3ccccc3[nH]2)s1. The minimum Gasteiger partial charge on any atom is -0.374 e. The molecule has 4 rings (SSSR count). The number of aromatic amines is 1. The minimum absolute atomic E-state index is 0.440. The number of para-hydroxylation sites is 2. The number of rotatable bonds is 3. The summed E-state index contributed by atoms with van der Waals surface area (Å²) in [7, 11) is 0. The number of nitrogens with zero attached hydrogens (tertiary/aromatic N) is 3. The average molecular weight is 319 g/mol. The van der Waals surface area contributed by atoms with Crippen LogP contribution in [0.3, 0.4) is 0 Å². The van der Waals surface area contributed by atoms with E-state index in [1.54, 1.807) is 0 Å². The first-order chi connectivity index (χ1) is 11.3. The van der Waals surface area contributed by atoms with Crippen molar-refractivity contribution in [3.8, 4) is 0 Å². The molecule has 5 nitrogen and oxygen atoms in total. The van der Waals surface area contributed by atoms with E-state index in [9.17, 15) is 0 Å². The van der Waals surface area contributed by atoms with Crippen LogP contribution >= 0.6 is 11.3 Å². The summed E-state index contributed by atoms with van der Waals surface area (Å²) in [6.45, 7) is 0. The fraction of sp³-hybridized carbons (Fsp3) is 0. The zero-order chi connectivity index (χ0) is 15.6. The summed E-state index contributed by atoms with van der Waals surface area (Å²) < 4.78 is 0. The van der Waals surface area contributed by atoms with Crippen LogP contribution in [0, 0.1) is 0 Å². The van der Waals surface area contributed by atoms with Crippen LogP contribution < -0.4 is 5.73 Å². The van der Waals surface area contributed by atoms with E-state index in [1.807, 2.05) is 60.7 Å². The van der Waals surface area contributed by atoms with E-state index < -0.39 is 0 Å². The fourth-order valence-electron chi connectivity index (χ4n) is 2.37. The molecule has 0 amide bonds. The maximum absolute atomic E-state index is 5.75. The number of imidazole rings is 1. The molecule has 0 aliphatic rings. The molecule has 0 saturated heterocycles. The Labute approximate surface area is 136 Å². The molecule has 4 aromatic rings. The van der Waals surface area contributed by atoms with Gasteiger partial charge in [-0.1, -0.05) is 53.8 Å². The standard InChI is InChI=1S/C17H13N5S/c18-17-22-21-16(23-17)12(10-11-6-2-1-3-7-11)15-19-13-8-4-5-9-14(13)20-15/h1-10H,(H2,18,22)(H,19,20)/b12-10-. The number of H-pyrrole nitrogens is 1. The lowest BCUT2D eigenvalue weighted by Crippen LogP contribution is -1.90. The molecule has 2 aromatic heterocycles. The highest BCUT2D eigenvalue weighted by atomic mass is 32.1. The third-order valence-corrected chi connectivity index (χ3v) is 4.21. The molecule has 0 aliphatic carbocycles. The van der Waals surface area contributed by atoms with Gasteiger partial charge in [0.25, 0.3) is 0 Å². The first-order valence-corrected chi connectivity index (χ1v) is 7.92. The number of hydrogen-bond donors (Lipinski definition) is 2. The molecule has 0 spiro atoms. The molecule has 3 N–H and O–H groups in total. The van der Waals surface area contributed by atoms with Gasteiger partial charge >= 0.3 is 0 Å². The van der Waals surface area contributed by atoms with Gasteiger partial charge in [0.15, 0.2) is 5.01 Å². The second-order valence-electron chi connectivity index (χ2n) is 5.02. The van der Waals surface area contributed by atoms with Crippen molar-refractivity contribution in [2.75, 3.05) is 5.73 Å². The lowest BCUT2D eigenvalue weighted by atomic mass is 10.1. The number of fused-ring (bicyclic) bond motifs is 1. The zero-order valence-electron chi connectivity index (χ0n) is 12.1. The number of benzene rings is 2. The van der Waals surface area contributed by atoms with E-state index in [1.165, 1.54) is 11.3 Å². The van der Waals surface area contributed by atoms with Gasteiger partial charge in [0, 0.05) is 0 Å². The number of nitrogens with one attached hydrogen (secondary N) is 1. The predicted octanol–water partition coefficient (Wildman–Crippen LogP) is 3.59. The van der Waals surface area contributed by atoms with Crippen LogP contribution in [-0.4, -0.2) is 20.2 Å². The quantitative estimate of drug-likeness (QED) is 0.605. The normalized spacial score (nSPS) is 11.9. The van der Waals surface area contributed by atoms with Gasteiger partial charge in [-0.3, -0.25) is 0 Å². The lowest BCUT2D eigenvalue weighted by molar-refractivity contribution is 1.08. The largest absolute Gasteiger partial charge is 0.374 e. The van der Waals surface area contributed by atoms with E-state index in [-0.39, 0.29) is 0 Å². The van der Waals surface area contributed by atoms with E-state index in [0.717, 1.165) is 33.0 Å². The van der Waals surface area contributed by atoms with Gasteiger partial charge in [-0.2, -0.15) is 0 Å². The third kappa shape index (κ3) is 2.72. The third-order valence-electron chi connectivity index (χ3n) is 3.43. The monoisotopic (exact) mass is 319 g/mol. The van der Waals surface area contributed by atoms with Crippen molar-refractivity contribution in [2.24, 2.45) is 0 Å². The van der Waals surface area contributed by atoms with Crippen LogP contribution in [0.1, 0.15) is 16.4 Å². The Morgan fingerprint density at radius 2 is 1.78 bits per heavy atom. The maximum Gasteiger partial charge on any atom is 0.203 e. The maximum atomic E-state index is 5.75. The minimum atomic E-state index is 0.440. The summed E-state index contributed by atoms with van der Waals surface area (Å²) >= 11 is 1.35. The molecule has 6 heteroatoms. The predicted molar refractivity (Wildman–Crippen MR) is 93.8 cm³/mol. The summed E-state index contributed by atoms with van der Waals surface area (Å²) in [5.41, 5.74) is 9.59. The van der Waals surface area contributed by atoms with Crippen molar-refractivity contribution in [1.82, 2.24) is 20.2 Å². The van der Waals surface area contributed by atoms with E-state index in [2.05, 4.69) is 20.2 Å². The first kappa shape index (κ1) is 13.7. The van der Waals surface area contributed by atoms with Crippen LogP contribution in [0.4, 0.5) is 5.13 Å². The Hall–Kier alpha value is -2.99. The summed E-state index contributed by atoms with van der Waals surface area (Å²) in [4.78, 5) is 8.01. The molecule has 0 atom stereocenters. The van der Waals surface area contributed by atoms with Gasteiger partial charge in [-0.05, 0) is 23.8 Å². The molecule has 0 unspecified atom stereocenters. The molecular formula is C17H13N5S. The molecule has 112 valence electrons. The van der Waals surface area contributed by atoms with Crippen LogP contribution in [-0.2, 0) is 0 Å². The van der Waals surface area contributed by atoms with Gasteiger partial charge in [-0.25, -0.2) is 4.98 Å². The fourth-order valence-corrected chi connectivity index (χ4v) is 3.00. The van der Waals surface area contributed by atoms with E-state index in [4.69, 9.17) is 5.73 Å². The van der Waals surface area contributed by atoms with Gasteiger partial charge in [0.2, 0.25) is 5.13 Å². The number of hydrogen-bond acceptors (Lipinski definition) is 5. The van der Waals surface area contributed by atoms with Gasteiger partial charge < -0.3 is 10.7 Å². The van der Waals surface area contributed by atoms with Crippen molar-refractivity contribution >= 4 is 39.2 Å². The number of nitrogens with two attached hydrogens (primary N) is 1. The Bertz CT molecular complexity index is 951. The second kappa shape index (κ2) is 5.66. The van der Waals surface area contributed by atoms with Gasteiger partial charge in [-0.15, -0.1) is 10.2 Å². The Morgan fingerprint density at radius 1 is 1.00 bits per heavy atom. The summed E-state index contributed by atoms with van der Waals surface area (Å²) in [5, 5.41) is 9.28. The van der Waals surface area contributed by atoms with Gasteiger partial charge in [0.05, 0.1) is 16.6 Å². The number of anilines is 1. The van der Waals surface area contributed by atoms with Crippen LogP contribution in [0.15, 0.2) is 54.6 Å². The molecule has 0 saturated carbocycles. The lowest BCUT2D eigenvalue weighted by Gasteiger charge is -2.00. The topological polar surface area (TPSA) is 80.5 Å². The zero-order valence-corrected chi connectivity index (χ0v) is 12.9. The molecule has 0 radical (unpaired) electrons. The number of aromatic nitrogens is 4. The second-order valence-corrected chi connectivity index (χ2v) is 6.03. The molecule has 2 heterocycles. The molecule has 23 heavy (non-hydrogen) atoms. The number of nitrogen functional groups attached to an aromatic ring is 1. The van der Waals surface area contributed by atoms with E-state index in [0.29, 0.717) is 5.13 Å². The highest BCUT2D eigenvalue weighted by Crippen LogP contribution is 2.28. The van der Waals surface area contributed by atoms with Crippen LogP contribution in [0.5, 0.6) is 0 Å². The van der Waals surface area contributed by atoms with Crippen molar-refractivity contribution in [3.63, 3.8) is 0 Å². The van der Waals surface area contributed by atoms with Crippen molar-refractivity contribution in [1.29, 1.82) is 0 Å². The van der Waals surface area contributed by atoms with Crippen molar-refractivity contribution in [2.45, 2.75) is 0 Å². The van der Waals surface area contributed by atoms with Crippen molar-refractivity contribution in [3.05, 3.63) is 71.0 Å². The van der Waals surface area contributed by atoms with Crippen LogP contribution in [0.25, 0.3) is 22.7 Å². The highest BCUT2D eigenvalue weighted by molar-refractivity contribution is 7.16. The Kier molecular flexibility index (Phi) is 3.36. The Balaban J connectivity index is 1.89. The molecule has 2 aromatic carbocycles. The summed E-state index contributed by atoms with van der Waals surface area (Å²) in [5.74, 6) is 0.756. The Morgan fingerprint density at radius 3 is 2.52 bits per heavy atom. The first-order valence-electron chi connectivity index (χ1n) is 7.11. The van der Waals surface area contributed by atoms with Gasteiger partial charge in [0.1, 0.15) is 5.82 Å². The van der Waals surface area contributed by atoms with E-state index >= 15 is 0 Å². The molecule has 0 aliphatic heterocycles. The summed E-state index contributed by atoms with van der Waals surface area (Å²) in [6, 6.07) is 18.0. The average Bonchev–Trinajstić information content (AvgIpc) is 3.19. The molecule has 0 fully saturated rings. The highest BCUT2D eigenvalue weighted by Gasteiger charge is 2.14. The molecule has 0 bridgehead atoms.